The number of nitriles is 1. The van der Waals surface area contributed by atoms with E-state index in [0.29, 0.717) is 44.2 Å². The fourth-order valence-corrected chi connectivity index (χ4v) is 6.50. The standard InChI is InChI=1S/C33H37F3N8O3/c1-41-15-6-9-25(41)22-46-31-39-28-20-42(30-27(33(34,35)36)10-5-14-38-30)16-12-26(28)29(40-31)43-17-18-44(24(19-43)11-13-37)32(45)47-21-23-7-3-2-4-8-23/h2-5,7-8,10,14,24-25H,6,9,11-12,15-22H2,1H3/t24?,25-/m0/s1. The van der Waals surface area contributed by atoms with Crippen LogP contribution in [-0.2, 0) is 30.5 Å². The summed E-state index contributed by atoms with van der Waals surface area (Å²) < 4.78 is 53.4. The molecule has 0 spiro atoms. The van der Waals surface area contributed by atoms with Gasteiger partial charge in [-0.1, -0.05) is 30.3 Å². The Kier molecular flexibility index (Phi) is 9.63. The zero-order valence-electron chi connectivity index (χ0n) is 26.2. The lowest BCUT2D eigenvalue weighted by Crippen LogP contribution is -2.55. The molecule has 0 radical (unpaired) electrons. The van der Waals surface area contributed by atoms with Gasteiger partial charge in [0.2, 0.25) is 0 Å². The van der Waals surface area contributed by atoms with Gasteiger partial charge in [0.15, 0.2) is 0 Å². The van der Waals surface area contributed by atoms with E-state index >= 15 is 0 Å². The minimum absolute atomic E-state index is 0.0925. The molecule has 3 aliphatic rings. The fourth-order valence-electron chi connectivity index (χ4n) is 6.50. The Morgan fingerprint density at radius 3 is 2.60 bits per heavy atom. The van der Waals surface area contributed by atoms with Crippen LogP contribution in [0.3, 0.4) is 0 Å². The molecule has 2 atom stereocenters. The number of aromatic nitrogens is 3. The molecule has 3 aromatic rings. The fraction of sp³-hybridized carbons (Fsp3) is 0.485. The van der Waals surface area contributed by atoms with Crippen LogP contribution < -0.4 is 14.5 Å². The van der Waals surface area contributed by atoms with E-state index in [1.54, 1.807) is 9.80 Å². The predicted octanol–water partition coefficient (Wildman–Crippen LogP) is 4.67. The number of pyridine rings is 1. The largest absolute Gasteiger partial charge is 0.462 e. The SMILES string of the molecule is CN1CCC[C@H]1COc1nc2c(c(N3CCN(C(=O)OCc4ccccc4)C(CC#N)C3)n1)CCN(c1ncccc1C(F)(F)F)C2. The maximum atomic E-state index is 13.9. The molecular weight excluding hydrogens is 613 g/mol. The van der Waals surface area contributed by atoms with Gasteiger partial charge in [-0.25, -0.2) is 9.78 Å². The molecule has 6 rings (SSSR count). The van der Waals surface area contributed by atoms with Crippen molar-refractivity contribution in [1.29, 1.82) is 5.26 Å². The molecule has 2 fully saturated rings. The molecular formula is C33H37F3N8O3. The van der Waals surface area contributed by atoms with Gasteiger partial charge in [-0.3, -0.25) is 0 Å². The number of nitrogens with zero attached hydrogens (tertiary/aromatic N) is 8. The number of anilines is 2. The van der Waals surface area contributed by atoms with E-state index in [0.717, 1.165) is 36.6 Å². The lowest BCUT2D eigenvalue weighted by Gasteiger charge is -2.41. The van der Waals surface area contributed by atoms with Crippen molar-refractivity contribution in [1.82, 2.24) is 24.8 Å². The molecule has 248 valence electrons. The minimum Gasteiger partial charge on any atom is -0.462 e. The summed E-state index contributed by atoms with van der Waals surface area (Å²) in [5.74, 6) is 0.472. The highest BCUT2D eigenvalue weighted by Gasteiger charge is 2.38. The van der Waals surface area contributed by atoms with Crippen molar-refractivity contribution in [3.8, 4) is 12.1 Å². The highest BCUT2D eigenvalue weighted by molar-refractivity contribution is 5.69. The van der Waals surface area contributed by atoms with E-state index < -0.39 is 23.9 Å². The van der Waals surface area contributed by atoms with Gasteiger partial charge in [-0.2, -0.15) is 28.4 Å². The molecule has 11 nitrogen and oxygen atoms in total. The summed E-state index contributed by atoms with van der Waals surface area (Å²) >= 11 is 0. The molecule has 2 aromatic heterocycles. The van der Waals surface area contributed by atoms with Crippen molar-refractivity contribution in [3.05, 3.63) is 71.0 Å². The first-order valence-electron chi connectivity index (χ1n) is 15.8. The monoisotopic (exact) mass is 650 g/mol. The van der Waals surface area contributed by atoms with Gasteiger partial charge in [-0.05, 0) is 50.6 Å². The molecule has 14 heteroatoms. The van der Waals surface area contributed by atoms with Crippen LogP contribution in [0.15, 0.2) is 48.7 Å². The van der Waals surface area contributed by atoms with E-state index in [2.05, 4.69) is 16.0 Å². The molecule has 1 amide bonds. The van der Waals surface area contributed by atoms with Gasteiger partial charge in [0.1, 0.15) is 24.8 Å². The van der Waals surface area contributed by atoms with Gasteiger partial charge in [0.05, 0.1) is 36.3 Å². The Morgan fingerprint density at radius 1 is 1.02 bits per heavy atom. The van der Waals surface area contributed by atoms with Crippen molar-refractivity contribution in [2.24, 2.45) is 0 Å². The molecule has 1 unspecified atom stereocenters. The second-order valence-corrected chi connectivity index (χ2v) is 12.1. The zero-order chi connectivity index (χ0) is 33.0. The topological polar surface area (TPSA) is 111 Å². The average molecular weight is 651 g/mol. The van der Waals surface area contributed by atoms with Crippen molar-refractivity contribution in [2.75, 3.05) is 56.2 Å². The van der Waals surface area contributed by atoms with Crippen LogP contribution in [0.1, 0.15) is 41.6 Å². The smallest absolute Gasteiger partial charge is 0.419 e. The maximum absolute atomic E-state index is 13.9. The number of ether oxygens (including phenoxy) is 2. The van der Waals surface area contributed by atoms with Gasteiger partial charge in [-0.15, -0.1) is 0 Å². The van der Waals surface area contributed by atoms with Crippen molar-refractivity contribution >= 4 is 17.7 Å². The lowest BCUT2D eigenvalue weighted by atomic mass is 10.0. The van der Waals surface area contributed by atoms with Crippen molar-refractivity contribution in [2.45, 2.75) is 57.1 Å². The molecule has 5 heterocycles. The predicted molar refractivity (Wildman–Crippen MR) is 167 cm³/mol. The first kappa shape index (κ1) is 32.3. The van der Waals surface area contributed by atoms with E-state index in [9.17, 15) is 23.2 Å². The van der Waals surface area contributed by atoms with Crippen LogP contribution >= 0.6 is 0 Å². The Morgan fingerprint density at radius 2 is 1.85 bits per heavy atom. The molecule has 0 bridgehead atoms. The summed E-state index contributed by atoms with van der Waals surface area (Å²) in [6.07, 6.45) is -1.16. The summed E-state index contributed by atoms with van der Waals surface area (Å²) in [6.45, 7) is 2.90. The lowest BCUT2D eigenvalue weighted by molar-refractivity contribution is -0.137. The third-order valence-corrected chi connectivity index (χ3v) is 9.04. The van der Waals surface area contributed by atoms with Crippen LogP contribution in [-0.4, -0.2) is 89.3 Å². The van der Waals surface area contributed by atoms with Gasteiger partial charge >= 0.3 is 18.3 Å². The number of hydrogen-bond donors (Lipinski definition) is 0. The number of alkyl halides is 3. The molecule has 0 N–H and O–H groups in total. The Labute approximate surface area is 271 Å². The number of fused-ring (bicyclic) bond motifs is 1. The Hall–Kier alpha value is -4.64. The number of carbonyl (C=O) groups is 1. The third-order valence-electron chi connectivity index (χ3n) is 9.04. The quantitative estimate of drug-likeness (QED) is 0.341. The summed E-state index contributed by atoms with van der Waals surface area (Å²) in [4.78, 5) is 34.2. The number of halogens is 3. The molecule has 0 aliphatic carbocycles. The minimum atomic E-state index is -4.56. The van der Waals surface area contributed by atoms with Crippen LogP contribution in [0.5, 0.6) is 6.01 Å². The molecule has 47 heavy (non-hydrogen) atoms. The van der Waals surface area contributed by atoms with E-state index in [1.807, 2.05) is 42.3 Å². The Balaban J connectivity index is 1.26. The number of carbonyl (C=O) groups excluding carboxylic acids is 1. The van der Waals surface area contributed by atoms with Crippen molar-refractivity contribution in [3.63, 3.8) is 0 Å². The number of likely N-dealkylation sites (tertiary alicyclic amines) is 1. The number of benzene rings is 1. The van der Waals surface area contributed by atoms with E-state index in [1.165, 1.54) is 12.3 Å². The number of amides is 1. The van der Waals surface area contributed by atoms with Gasteiger partial charge in [0.25, 0.3) is 0 Å². The third kappa shape index (κ3) is 7.35. The highest BCUT2D eigenvalue weighted by Crippen LogP contribution is 2.38. The molecule has 3 aliphatic heterocycles. The van der Waals surface area contributed by atoms with Crippen LogP contribution in [0, 0.1) is 11.3 Å². The van der Waals surface area contributed by atoms with Gasteiger partial charge < -0.3 is 29.1 Å². The zero-order valence-corrected chi connectivity index (χ0v) is 26.2. The normalized spacial score (nSPS) is 20.1. The molecule has 1 aromatic carbocycles. The number of hydrogen-bond acceptors (Lipinski definition) is 10. The van der Waals surface area contributed by atoms with Gasteiger partial charge in [0, 0.05) is 44.0 Å². The summed E-state index contributed by atoms with van der Waals surface area (Å²) in [5, 5.41) is 9.64. The average Bonchev–Trinajstić information content (AvgIpc) is 3.50. The number of piperazine rings is 1. The van der Waals surface area contributed by atoms with Crippen molar-refractivity contribution < 1.29 is 27.4 Å². The second-order valence-electron chi connectivity index (χ2n) is 12.1. The summed E-state index contributed by atoms with van der Waals surface area (Å²) in [7, 11) is 2.04. The maximum Gasteiger partial charge on any atom is 0.419 e. The number of rotatable bonds is 8. The molecule has 0 saturated carbocycles. The van der Waals surface area contributed by atoms with Crippen LogP contribution in [0.4, 0.5) is 29.6 Å². The summed E-state index contributed by atoms with van der Waals surface area (Å²) in [6, 6.07) is 13.8. The molecule has 2 saturated heterocycles. The highest BCUT2D eigenvalue weighted by atomic mass is 19.4. The first-order chi connectivity index (χ1) is 22.7. The van der Waals surface area contributed by atoms with Crippen LogP contribution in [0.25, 0.3) is 0 Å². The Bertz CT molecular complexity index is 1600. The first-order valence-corrected chi connectivity index (χ1v) is 15.8. The van der Waals surface area contributed by atoms with Crippen LogP contribution in [0.2, 0.25) is 0 Å². The van der Waals surface area contributed by atoms with E-state index in [4.69, 9.17) is 19.4 Å². The van der Waals surface area contributed by atoms with E-state index in [-0.39, 0.29) is 44.0 Å². The number of likely N-dealkylation sites (N-methyl/N-ethyl adjacent to an activating group) is 1. The summed E-state index contributed by atoms with van der Waals surface area (Å²) in [5.41, 5.74) is 1.44. The second kappa shape index (κ2) is 14.0.